The molecular formula is C26H35N5O2. The van der Waals surface area contributed by atoms with Crippen molar-refractivity contribution in [3.8, 4) is 11.5 Å². The van der Waals surface area contributed by atoms with E-state index in [1.54, 1.807) is 14.2 Å². The Morgan fingerprint density at radius 3 is 2.27 bits per heavy atom. The number of rotatable bonds is 9. The molecular weight excluding hydrogens is 414 g/mol. The second kappa shape index (κ2) is 10.7. The highest BCUT2D eigenvalue weighted by molar-refractivity contribution is 5.90. The van der Waals surface area contributed by atoms with Gasteiger partial charge in [-0.2, -0.15) is 4.98 Å². The topological polar surface area (TPSA) is 71.5 Å². The zero-order valence-corrected chi connectivity index (χ0v) is 20.1. The van der Waals surface area contributed by atoms with Gasteiger partial charge in [-0.15, -0.1) is 0 Å². The maximum atomic E-state index is 5.51. The first kappa shape index (κ1) is 23.1. The van der Waals surface area contributed by atoms with E-state index in [0.29, 0.717) is 12.0 Å². The molecule has 0 amide bonds. The van der Waals surface area contributed by atoms with Crippen LogP contribution in [0.1, 0.15) is 31.2 Å². The van der Waals surface area contributed by atoms with Gasteiger partial charge in [-0.3, -0.25) is 0 Å². The van der Waals surface area contributed by atoms with Crippen LogP contribution in [0.5, 0.6) is 11.5 Å². The Kier molecular flexibility index (Phi) is 7.50. The zero-order valence-electron chi connectivity index (χ0n) is 20.1. The molecule has 0 unspecified atom stereocenters. The number of anilines is 2. The van der Waals surface area contributed by atoms with Crippen LogP contribution in [0, 0.1) is 5.92 Å². The summed E-state index contributed by atoms with van der Waals surface area (Å²) < 4.78 is 11.0. The first-order chi connectivity index (χ1) is 16.1. The molecule has 7 heteroatoms. The highest BCUT2D eigenvalue weighted by Crippen LogP contribution is 2.30. The normalized spacial score (nSPS) is 18.2. The van der Waals surface area contributed by atoms with E-state index < -0.39 is 0 Å². The lowest BCUT2D eigenvalue weighted by Crippen LogP contribution is -2.31. The van der Waals surface area contributed by atoms with Crippen LogP contribution in [-0.4, -0.2) is 50.9 Å². The molecule has 1 aliphatic rings. The minimum Gasteiger partial charge on any atom is -0.496 e. The third-order valence-corrected chi connectivity index (χ3v) is 6.45. The van der Waals surface area contributed by atoms with Gasteiger partial charge in [-0.1, -0.05) is 18.2 Å². The van der Waals surface area contributed by atoms with Crippen molar-refractivity contribution in [2.75, 3.05) is 45.1 Å². The Labute approximate surface area is 196 Å². The van der Waals surface area contributed by atoms with E-state index in [0.717, 1.165) is 65.7 Å². The van der Waals surface area contributed by atoms with E-state index in [4.69, 9.17) is 19.4 Å². The van der Waals surface area contributed by atoms with Gasteiger partial charge < -0.3 is 25.0 Å². The Hall–Kier alpha value is -3.06. The van der Waals surface area contributed by atoms with Gasteiger partial charge >= 0.3 is 0 Å². The van der Waals surface area contributed by atoms with Gasteiger partial charge in [0, 0.05) is 37.6 Å². The number of aromatic nitrogens is 2. The van der Waals surface area contributed by atoms with E-state index in [2.05, 4.69) is 27.7 Å². The minimum atomic E-state index is 0.409. The molecule has 0 spiro atoms. The molecule has 0 saturated heterocycles. The van der Waals surface area contributed by atoms with Crippen molar-refractivity contribution >= 4 is 22.7 Å². The maximum Gasteiger partial charge on any atom is 0.225 e. The molecule has 1 fully saturated rings. The third-order valence-electron chi connectivity index (χ3n) is 6.45. The van der Waals surface area contributed by atoms with Crippen molar-refractivity contribution in [2.45, 2.75) is 38.3 Å². The van der Waals surface area contributed by atoms with Gasteiger partial charge in [0.15, 0.2) is 0 Å². The van der Waals surface area contributed by atoms with Gasteiger partial charge in [-0.25, -0.2) is 4.98 Å². The number of nitrogens with zero attached hydrogens (tertiary/aromatic N) is 3. The van der Waals surface area contributed by atoms with Crippen LogP contribution in [0.25, 0.3) is 10.9 Å². The number of hydrogen-bond acceptors (Lipinski definition) is 7. The molecule has 176 valence electrons. The first-order valence-electron chi connectivity index (χ1n) is 11.7. The summed E-state index contributed by atoms with van der Waals surface area (Å²) in [5.41, 5.74) is 2.05. The van der Waals surface area contributed by atoms with E-state index >= 15 is 0 Å². The van der Waals surface area contributed by atoms with Crippen molar-refractivity contribution in [1.82, 2.24) is 15.3 Å². The maximum absolute atomic E-state index is 5.51. The van der Waals surface area contributed by atoms with Crippen LogP contribution in [0.15, 0.2) is 42.5 Å². The van der Waals surface area contributed by atoms with Crippen molar-refractivity contribution in [3.63, 3.8) is 0 Å². The van der Waals surface area contributed by atoms with E-state index in [9.17, 15) is 0 Å². The molecule has 1 heterocycles. The van der Waals surface area contributed by atoms with Crippen molar-refractivity contribution in [1.29, 1.82) is 0 Å². The first-order valence-corrected chi connectivity index (χ1v) is 11.7. The van der Waals surface area contributed by atoms with Crippen LogP contribution in [0.4, 0.5) is 11.8 Å². The summed E-state index contributed by atoms with van der Waals surface area (Å²) in [5, 5.41) is 8.29. The molecule has 33 heavy (non-hydrogen) atoms. The fourth-order valence-electron chi connectivity index (χ4n) is 4.66. The van der Waals surface area contributed by atoms with Crippen molar-refractivity contribution in [3.05, 3.63) is 48.0 Å². The second-order valence-corrected chi connectivity index (χ2v) is 8.92. The van der Waals surface area contributed by atoms with Gasteiger partial charge in [0.1, 0.15) is 17.3 Å². The second-order valence-electron chi connectivity index (χ2n) is 8.92. The molecule has 2 N–H and O–H groups in total. The van der Waals surface area contributed by atoms with Crippen LogP contribution < -0.4 is 25.0 Å². The van der Waals surface area contributed by atoms with E-state index in [-0.39, 0.29) is 0 Å². The molecule has 0 atom stereocenters. The molecule has 1 aromatic heterocycles. The fraction of sp³-hybridized carbons (Fsp3) is 0.462. The number of fused-ring (bicyclic) bond motifs is 1. The summed E-state index contributed by atoms with van der Waals surface area (Å²) >= 11 is 0. The lowest BCUT2D eigenvalue weighted by Gasteiger charge is -2.29. The molecule has 2 aromatic carbocycles. The molecule has 3 aromatic rings. The van der Waals surface area contributed by atoms with E-state index in [1.807, 2.05) is 44.4 Å². The predicted octanol–water partition coefficient (Wildman–Crippen LogP) is 4.47. The molecule has 7 nitrogen and oxygen atoms in total. The average molecular weight is 450 g/mol. The summed E-state index contributed by atoms with van der Waals surface area (Å²) in [6.45, 7) is 1.73. The van der Waals surface area contributed by atoms with Crippen molar-refractivity contribution in [2.24, 2.45) is 5.92 Å². The number of ether oxygens (including phenoxy) is 2. The van der Waals surface area contributed by atoms with Gasteiger partial charge in [0.25, 0.3) is 0 Å². The molecule has 4 rings (SSSR count). The van der Waals surface area contributed by atoms with Gasteiger partial charge in [0.05, 0.1) is 19.7 Å². The number of hydrogen-bond donors (Lipinski definition) is 2. The Bertz CT molecular complexity index is 1040. The quantitative estimate of drug-likeness (QED) is 0.499. The zero-order chi connectivity index (χ0) is 23.2. The van der Waals surface area contributed by atoms with Crippen LogP contribution in [0.3, 0.4) is 0 Å². The van der Waals surface area contributed by atoms with Crippen molar-refractivity contribution < 1.29 is 9.47 Å². The lowest BCUT2D eigenvalue weighted by atomic mass is 9.86. The SMILES string of the molecule is COc1cccc(OC)c1CNCC1CCC(Nc2nc(N(C)C)c3ccccc3n2)CC1. The summed E-state index contributed by atoms with van der Waals surface area (Å²) in [6, 6.07) is 14.5. The van der Waals surface area contributed by atoms with E-state index in [1.165, 1.54) is 12.8 Å². The van der Waals surface area contributed by atoms with Gasteiger partial charge in [0.2, 0.25) is 5.95 Å². The number of methoxy groups -OCH3 is 2. The van der Waals surface area contributed by atoms with Crippen LogP contribution in [0.2, 0.25) is 0 Å². The van der Waals surface area contributed by atoms with Gasteiger partial charge in [-0.05, 0) is 62.4 Å². The summed E-state index contributed by atoms with van der Waals surface area (Å²) in [6.07, 6.45) is 4.61. The van der Waals surface area contributed by atoms with Crippen LogP contribution >= 0.6 is 0 Å². The molecule has 0 bridgehead atoms. The minimum absolute atomic E-state index is 0.409. The Morgan fingerprint density at radius 2 is 1.61 bits per heavy atom. The number of nitrogens with one attached hydrogen (secondary N) is 2. The summed E-state index contributed by atoms with van der Waals surface area (Å²) in [5.74, 6) is 4.07. The number of para-hydroxylation sites is 1. The monoisotopic (exact) mass is 449 g/mol. The third kappa shape index (κ3) is 5.47. The molecule has 1 saturated carbocycles. The standard InChI is InChI=1S/C26H35N5O2/c1-31(2)25-20-8-5-6-9-22(20)29-26(30-25)28-19-14-12-18(13-15-19)16-27-17-21-23(32-3)10-7-11-24(21)33-4/h5-11,18-19,27H,12-17H2,1-4H3,(H,28,29,30). The molecule has 0 radical (unpaired) electrons. The average Bonchev–Trinajstić information content (AvgIpc) is 2.84. The van der Waals surface area contributed by atoms with Crippen LogP contribution in [-0.2, 0) is 6.54 Å². The highest BCUT2D eigenvalue weighted by Gasteiger charge is 2.22. The smallest absolute Gasteiger partial charge is 0.225 e. The largest absolute Gasteiger partial charge is 0.496 e. The fourth-order valence-corrected chi connectivity index (χ4v) is 4.66. The lowest BCUT2D eigenvalue weighted by molar-refractivity contribution is 0.321. The highest BCUT2D eigenvalue weighted by atomic mass is 16.5. The Balaban J connectivity index is 1.30. The molecule has 1 aliphatic carbocycles. The Morgan fingerprint density at radius 1 is 0.909 bits per heavy atom. The summed E-state index contributed by atoms with van der Waals surface area (Å²) in [7, 11) is 7.45. The summed E-state index contributed by atoms with van der Waals surface area (Å²) in [4.78, 5) is 11.6. The number of benzene rings is 2. The predicted molar refractivity (Wildman–Crippen MR) is 134 cm³/mol. The molecule has 0 aliphatic heterocycles.